The highest BCUT2D eigenvalue weighted by Gasteiger charge is 2.46. The minimum absolute atomic E-state index is 0.173. The summed E-state index contributed by atoms with van der Waals surface area (Å²) in [6, 6.07) is 0. The molecule has 0 amide bonds. The van der Waals surface area contributed by atoms with Crippen molar-refractivity contribution < 1.29 is 19.4 Å². The van der Waals surface area contributed by atoms with Gasteiger partial charge < -0.3 is 14.6 Å². The summed E-state index contributed by atoms with van der Waals surface area (Å²) < 4.78 is 10.3. The van der Waals surface area contributed by atoms with Gasteiger partial charge in [-0.15, -0.1) is 0 Å². The number of carbonyl (C=O) groups is 1. The molecule has 0 spiro atoms. The van der Waals surface area contributed by atoms with E-state index in [1.165, 1.54) is 0 Å². The Morgan fingerprint density at radius 3 is 2.79 bits per heavy atom. The maximum Gasteiger partial charge on any atom is 0.328 e. The maximum atomic E-state index is 10.9. The lowest BCUT2D eigenvalue weighted by Gasteiger charge is -2.38. The Morgan fingerprint density at radius 2 is 2.36 bits per heavy atom. The SMILES string of the molecule is O=C(O)C1(NCC2CCCO2)COC1. The fourth-order valence-electron chi connectivity index (χ4n) is 1.72. The maximum absolute atomic E-state index is 10.9. The molecule has 2 heterocycles. The van der Waals surface area contributed by atoms with Crippen molar-refractivity contribution >= 4 is 5.97 Å². The predicted molar refractivity (Wildman–Crippen MR) is 48.2 cm³/mol. The van der Waals surface area contributed by atoms with Gasteiger partial charge in [0.15, 0.2) is 5.54 Å². The summed E-state index contributed by atoms with van der Waals surface area (Å²) in [7, 11) is 0. The van der Waals surface area contributed by atoms with Gasteiger partial charge >= 0.3 is 5.97 Å². The zero-order valence-electron chi connectivity index (χ0n) is 7.99. The van der Waals surface area contributed by atoms with Crippen LogP contribution in [0.25, 0.3) is 0 Å². The minimum Gasteiger partial charge on any atom is -0.480 e. The Morgan fingerprint density at radius 1 is 1.57 bits per heavy atom. The highest BCUT2D eigenvalue weighted by Crippen LogP contribution is 2.18. The van der Waals surface area contributed by atoms with Crippen LogP contribution in [0, 0.1) is 0 Å². The van der Waals surface area contributed by atoms with Crippen LogP contribution < -0.4 is 5.32 Å². The van der Waals surface area contributed by atoms with Crippen LogP contribution in [0.3, 0.4) is 0 Å². The molecule has 2 aliphatic heterocycles. The number of rotatable bonds is 4. The average Bonchev–Trinajstić information content (AvgIpc) is 2.53. The minimum atomic E-state index is -0.855. The summed E-state index contributed by atoms with van der Waals surface area (Å²) in [5.41, 5.74) is -0.855. The van der Waals surface area contributed by atoms with E-state index in [1.54, 1.807) is 0 Å². The van der Waals surface area contributed by atoms with Crippen molar-refractivity contribution in [2.45, 2.75) is 24.5 Å². The van der Waals surface area contributed by atoms with Crippen molar-refractivity contribution in [3.63, 3.8) is 0 Å². The summed E-state index contributed by atoms with van der Waals surface area (Å²) in [5, 5.41) is 12.0. The smallest absolute Gasteiger partial charge is 0.328 e. The zero-order valence-corrected chi connectivity index (χ0v) is 7.99. The molecule has 2 N–H and O–H groups in total. The second kappa shape index (κ2) is 3.84. The number of carboxylic acids is 1. The van der Waals surface area contributed by atoms with E-state index in [0.29, 0.717) is 6.54 Å². The molecule has 0 bridgehead atoms. The Balaban J connectivity index is 1.80. The molecule has 0 aliphatic carbocycles. The lowest BCUT2D eigenvalue weighted by Crippen LogP contribution is -2.66. The molecule has 1 unspecified atom stereocenters. The molecular weight excluding hydrogens is 186 g/mol. The lowest BCUT2D eigenvalue weighted by atomic mass is 9.97. The predicted octanol–water partition coefficient (Wildman–Crippen LogP) is -0.391. The second-order valence-corrected chi connectivity index (χ2v) is 3.90. The highest BCUT2D eigenvalue weighted by atomic mass is 16.5. The van der Waals surface area contributed by atoms with Crippen molar-refractivity contribution in [1.29, 1.82) is 0 Å². The summed E-state index contributed by atoms with van der Waals surface area (Å²) in [5.74, 6) is -0.832. The van der Waals surface area contributed by atoms with Gasteiger partial charge in [-0.05, 0) is 12.8 Å². The van der Waals surface area contributed by atoms with Crippen LogP contribution in [0.1, 0.15) is 12.8 Å². The van der Waals surface area contributed by atoms with Gasteiger partial charge in [0.05, 0.1) is 19.3 Å². The van der Waals surface area contributed by atoms with E-state index in [1.807, 2.05) is 0 Å². The molecule has 0 aromatic heterocycles. The van der Waals surface area contributed by atoms with Gasteiger partial charge in [-0.25, -0.2) is 0 Å². The number of ether oxygens (including phenoxy) is 2. The molecule has 0 radical (unpaired) electrons. The monoisotopic (exact) mass is 201 g/mol. The van der Waals surface area contributed by atoms with Crippen LogP contribution >= 0.6 is 0 Å². The topological polar surface area (TPSA) is 67.8 Å². The van der Waals surface area contributed by atoms with Crippen LogP contribution in [-0.4, -0.2) is 49.1 Å². The van der Waals surface area contributed by atoms with Crippen LogP contribution in [-0.2, 0) is 14.3 Å². The molecule has 5 heteroatoms. The first-order valence-electron chi connectivity index (χ1n) is 4.91. The first-order valence-corrected chi connectivity index (χ1v) is 4.91. The second-order valence-electron chi connectivity index (χ2n) is 3.90. The van der Waals surface area contributed by atoms with Gasteiger partial charge in [-0.1, -0.05) is 0 Å². The molecule has 0 aromatic rings. The Kier molecular flexibility index (Phi) is 2.71. The first-order chi connectivity index (χ1) is 6.73. The quantitative estimate of drug-likeness (QED) is 0.648. The molecule has 80 valence electrons. The van der Waals surface area contributed by atoms with Gasteiger partial charge in [-0.2, -0.15) is 0 Å². The molecule has 2 rings (SSSR count). The number of aliphatic carboxylic acids is 1. The highest BCUT2D eigenvalue weighted by molar-refractivity contribution is 5.80. The van der Waals surface area contributed by atoms with Crippen molar-refractivity contribution in [2.75, 3.05) is 26.4 Å². The van der Waals surface area contributed by atoms with E-state index in [-0.39, 0.29) is 19.3 Å². The van der Waals surface area contributed by atoms with Gasteiger partial charge in [0, 0.05) is 13.2 Å². The van der Waals surface area contributed by atoms with Crippen LogP contribution in [0.2, 0.25) is 0 Å². The van der Waals surface area contributed by atoms with Crippen LogP contribution in [0.5, 0.6) is 0 Å². The number of nitrogens with one attached hydrogen (secondary N) is 1. The summed E-state index contributed by atoms with van der Waals surface area (Å²) in [4.78, 5) is 10.9. The van der Waals surface area contributed by atoms with Crippen LogP contribution in [0.4, 0.5) is 0 Å². The fourth-order valence-corrected chi connectivity index (χ4v) is 1.72. The Bertz CT molecular complexity index is 221. The summed E-state index contributed by atoms with van der Waals surface area (Å²) in [6.45, 7) is 1.92. The molecule has 0 aromatic carbocycles. The molecule has 2 fully saturated rings. The zero-order chi connectivity index (χ0) is 10.0. The van der Waals surface area contributed by atoms with E-state index < -0.39 is 11.5 Å². The van der Waals surface area contributed by atoms with Crippen molar-refractivity contribution in [3.8, 4) is 0 Å². The molecule has 2 saturated heterocycles. The third-order valence-electron chi connectivity index (χ3n) is 2.80. The first kappa shape index (κ1) is 9.89. The number of hydrogen-bond donors (Lipinski definition) is 2. The van der Waals surface area contributed by atoms with E-state index >= 15 is 0 Å². The van der Waals surface area contributed by atoms with Gasteiger partial charge in [0.1, 0.15) is 0 Å². The van der Waals surface area contributed by atoms with Gasteiger partial charge in [0.2, 0.25) is 0 Å². The fraction of sp³-hybridized carbons (Fsp3) is 0.889. The van der Waals surface area contributed by atoms with Gasteiger partial charge in [0.25, 0.3) is 0 Å². The molecule has 2 aliphatic rings. The van der Waals surface area contributed by atoms with Crippen molar-refractivity contribution in [1.82, 2.24) is 5.32 Å². The molecule has 0 saturated carbocycles. The normalized spacial score (nSPS) is 29.9. The molecule has 5 nitrogen and oxygen atoms in total. The molecule has 14 heavy (non-hydrogen) atoms. The molecule has 1 atom stereocenters. The number of carboxylic acid groups (broad SMARTS) is 1. The van der Waals surface area contributed by atoms with E-state index in [9.17, 15) is 4.79 Å². The van der Waals surface area contributed by atoms with E-state index in [0.717, 1.165) is 19.4 Å². The van der Waals surface area contributed by atoms with Crippen LogP contribution in [0.15, 0.2) is 0 Å². The summed E-state index contributed by atoms with van der Waals surface area (Å²) >= 11 is 0. The third-order valence-corrected chi connectivity index (χ3v) is 2.80. The van der Waals surface area contributed by atoms with Crippen molar-refractivity contribution in [2.24, 2.45) is 0 Å². The van der Waals surface area contributed by atoms with Gasteiger partial charge in [-0.3, -0.25) is 10.1 Å². The van der Waals surface area contributed by atoms with E-state index in [4.69, 9.17) is 14.6 Å². The average molecular weight is 201 g/mol. The number of hydrogen-bond acceptors (Lipinski definition) is 4. The third kappa shape index (κ3) is 1.75. The van der Waals surface area contributed by atoms with E-state index in [2.05, 4.69) is 5.32 Å². The Labute approximate surface area is 82.4 Å². The largest absolute Gasteiger partial charge is 0.480 e. The standard InChI is InChI=1S/C9H15NO4/c11-8(12)9(5-13-6-9)10-4-7-2-1-3-14-7/h7,10H,1-6H2,(H,11,12). The lowest BCUT2D eigenvalue weighted by molar-refractivity contribution is -0.166. The van der Waals surface area contributed by atoms with Crippen molar-refractivity contribution in [3.05, 3.63) is 0 Å². The molecular formula is C9H15NO4. The summed E-state index contributed by atoms with van der Waals surface area (Å²) in [6.07, 6.45) is 2.26. The Hall–Kier alpha value is -0.650.